The maximum Gasteiger partial charge on any atom is 0.636 e. The average molecular weight is 665 g/mol. The van der Waals surface area contributed by atoms with Gasteiger partial charge in [0.25, 0.3) is 0 Å². The molecule has 0 amide bonds. The van der Waals surface area contributed by atoms with Gasteiger partial charge >= 0.3 is 7.32 Å². The summed E-state index contributed by atoms with van der Waals surface area (Å²) in [6, 6.07) is 7.94. The monoisotopic (exact) mass is 664 g/mol. The lowest BCUT2D eigenvalue weighted by atomic mass is 9.79. The molecule has 0 unspecified atom stereocenters. The molecule has 256 valence electrons. The summed E-state index contributed by atoms with van der Waals surface area (Å²) in [6.45, 7) is 32.8. The van der Waals surface area contributed by atoms with Crippen LogP contribution in [-0.4, -0.2) is 79.8 Å². The summed E-state index contributed by atoms with van der Waals surface area (Å²) in [5.41, 5.74) is 0.494. The highest BCUT2D eigenvalue weighted by atomic mass is 28.4. The topological polar surface area (TPSA) is 88.1 Å². The highest BCUT2D eigenvalue weighted by molar-refractivity contribution is 6.74. The fraction of sp³-hybridized carbons (Fsp3) is 0.765. The van der Waals surface area contributed by atoms with Gasteiger partial charge in [-0.1, -0.05) is 66.7 Å². The van der Waals surface area contributed by atoms with Crippen molar-refractivity contribution in [2.24, 2.45) is 17.8 Å². The first-order valence-corrected chi connectivity index (χ1v) is 22.3. The van der Waals surface area contributed by atoms with E-state index in [4.69, 9.17) is 32.4 Å². The SMILES string of the molecule is C=C[C@H]1COB(O)O[C@H]1[C@H](CO[Si](C)(C)C(C)(C)C)[C@H](O[Si](C)(C)C(C)(C)C)[C@]1(C)O[C@@H]1[C@@H](C)COCc1ccc(OC)cc1. The van der Waals surface area contributed by atoms with E-state index < -0.39 is 35.7 Å². The zero-order valence-electron chi connectivity index (χ0n) is 30.3. The molecule has 1 aromatic carbocycles. The second-order valence-corrected chi connectivity index (χ2v) is 25.8. The van der Waals surface area contributed by atoms with Crippen LogP contribution in [0.25, 0.3) is 0 Å². The van der Waals surface area contributed by atoms with E-state index in [2.05, 4.69) is 88.2 Å². The Balaban J connectivity index is 1.92. The molecule has 0 saturated carbocycles. The van der Waals surface area contributed by atoms with Gasteiger partial charge in [0.1, 0.15) is 11.4 Å². The summed E-state index contributed by atoms with van der Waals surface area (Å²) in [4.78, 5) is 0. The van der Waals surface area contributed by atoms with Crippen molar-refractivity contribution in [3.8, 4) is 5.75 Å². The summed E-state index contributed by atoms with van der Waals surface area (Å²) in [5, 5.41) is 10.5. The van der Waals surface area contributed by atoms with Crippen LogP contribution in [0.5, 0.6) is 5.75 Å². The van der Waals surface area contributed by atoms with E-state index in [9.17, 15) is 5.02 Å². The first-order chi connectivity index (χ1) is 20.7. The Kier molecular flexibility index (Phi) is 12.5. The Morgan fingerprint density at radius 3 is 2.18 bits per heavy atom. The summed E-state index contributed by atoms with van der Waals surface area (Å²) >= 11 is 0. The largest absolute Gasteiger partial charge is 0.636 e. The predicted octanol–water partition coefficient (Wildman–Crippen LogP) is 7.23. The summed E-state index contributed by atoms with van der Waals surface area (Å²) < 4.78 is 44.1. The first-order valence-electron chi connectivity index (χ1n) is 16.4. The molecule has 1 aromatic rings. The van der Waals surface area contributed by atoms with E-state index in [0.717, 1.165) is 11.3 Å². The number of epoxide rings is 1. The Bertz CT molecular complexity index is 1100. The molecule has 2 saturated heterocycles. The molecule has 0 radical (unpaired) electrons. The maximum absolute atomic E-state index is 10.5. The molecule has 2 fully saturated rings. The van der Waals surface area contributed by atoms with Crippen molar-refractivity contribution in [3.63, 3.8) is 0 Å². The van der Waals surface area contributed by atoms with Gasteiger partial charge in [-0.05, 0) is 60.9 Å². The molecule has 2 aliphatic rings. The van der Waals surface area contributed by atoms with Crippen molar-refractivity contribution in [2.45, 2.75) is 122 Å². The molecule has 45 heavy (non-hydrogen) atoms. The van der Waals surface area contributed by atoms with Crippen molar-refractivity contribution < 1.29 is 37.4 Å². The van der Waals surface area contributed by atoms with E-state index in [-0.39, 0.29) is 40.0 Å². The molecule has 0 aliphatic carbocycles. The Labute approximate surface area is 275 Å². The number of methoxy groups -OCH3 is 1. The van der Waals surface area contributed by atoms with Crippen LogP contribution >= 0.6 is 0 Å². The summed E-state index contributed by atoms with van der Waals surface area (Å²) in [6.07, 6.45) is 1.01. The average Bonchev–Trinajstić information content (AvgIpc) is 3.64. The number of rotatable bonds is 15. The molecule has 1 N–H and O–H groups in total. The van der Waals surface area contributed by atoms with E-state index >= 15 is 0 Å². The van der Waals surface area contributed by atoms with Crippen molar-refractivity contribution >= 4 is 24.0 Å². The van der Waals surface area contributed by atoms with Gasteiger partial charge in [-0.15, -0.1) is 6.58 Å². The van der Waals surface area contributed by atoms with Gasteiger partial charge < -0.3 is 37.4 Å². The minimum absolute atomic E-state index is 0.0273. The van der Waals surface area contributed by atoms with E-state index in [1.165, 1.54) is 0 Å². The number of ether oxygens (including phenoxy) is 3. The third kappa shape index (κ3) is 9.32. The third-order valence-electron chi connectivity index (χ3n) is 10.7. The van der Waals surface area contributed by atoms with Gasteiger partial charge in [-0.2, -0.15) is 0 Å². The lowest BCUT2D eigenvalue weighted by Crippen LogP contribution is -2.58. The van der Waals surface area contributed by atoms with Crippen LogP contribution in [-0.2, 0) is 34.2 Å². The Hall–Kier alpha value is -1.02. The van der Waals surface area contributed by atoms with Gasteiger partial charge in [0, 0.05) is 31.0 Å². The maximum atomic E-state index is 10.5. The Morgan fingerprint density at radius 1 is 1.04 bits per heavy atom. The van der Waals surface area contributed by atoms with Gasteiger partial charge in [0.2, 0.25) is 0 Å². The van der Waals surface area contributed by atoms with Gasteiger partial charge in [0.05, 0.1) is 38.6 Å². The predicted molar refractivity (Wildman–Crippen MR) is 186 cm³/mol. The molecule has 3 rings (SSSR count). The van der Waals surface area contributed by atoms with Crippen LogP contribution in [0.4, 0.5) is 0 Å². The molecular formula is C34H61BO8Si2. The molecule has 0 spiro atoms. The number of benzene rings is 1. The smallest absolute Gasteiger partial charge is 0.497 e. The molecule has 2 aliphatic heterocycles. The lowest BCUT2D eigenvalue weighted by molar-refractivity contribution is -0.0881. The van der Waals surface area contributed by atoms with Gasteiger partial charge in [0.15, 0.2) is 16.6 Å². The van der Waals surface area contributed by atoms with Crippen LogP contribution < -0.4 is 4.74 Å². The minimum atomic E-state index is -2.31. The molecule has 0 aromatic heterocycles. The van der Waals surface area contributed by atoms with Crippen molar-refractivity contribution in [3.05, 3.63) is 42.5 Å². The summed E-state index contributed by atoms with van der Waals surface area (Å²) in [7, 11) is -4.10. The van der Waals surface area contributed by atoms with Crippen LogP contribution in [0.15, 0.2) is 36.9 Å². The molecule has 7 atom stereocenters. The fourth-order valence-corrected chi connectivity index (χ4v) is 7.94. The number of hydrogen-bond acceptors (Lipinski definition) is 8. The first kappa shape index (κ1) is 38.4. The highest BCUT2D eigenvalue weighted by Crippen LogP contribution is 2.52. The van der Waals surface area contributed by atoms with Gasteiger partial charge in [-0.3, -0.25) is 0 Å². The Morgan fingerprint density at radius 2 is 1.64 bits per heavy atom. The van der Waals surface area contributed by atoms with E-state index in [1.807, 2.05) is 30.3 Å². The summed E-state index contributed by atoms with van der Waals surface area (Å²) in [5.74, 6) is 0.571. The van der Waals surface area contributed by atoms with E-state index in [1.54, 1.807) is 7.11 Å². The van der Waals surface area contributed by atoms with Crippen molar-refractivity contribution in [1.82, 2.24) is 0 Å². The van der Waals surface area contributed by atoms with Crippen LogP contribution in [0.1, 0.15) is 61.0 Å². The van der Waals surface area contributed by atoms with Crippen LogP contribution in [0.3, 0.4) is 0 Å². The minimum Gasteiger partial charge on any atom is -0.497 e. The van der Waals surface area contributed by atoms with E-state index in [0.29, 0.717) is 26.4 Å². The zero-order chi connectivity index (χ0) is 34.0. The van der Waals surface area contributed by atoms with Crippen LogP contribution in [0.2, 0.25) is 36.3 Å². The molecule has 11 heteroatoms. The zero-order valence-corrected chi connectivity index (χ0v) is 32.3. The second kappa shape index (κ2) is 14.6. The van der Waals surface area contributed by atoms with Crippen LogP contribution in [0, 0.1) is 17.8 Å². The van der Waals surface area contributed by atoms with Crippen molar-refractivity contribution in [1.29, 1.82) is 0 Å². The molecular weight excluding hydrogens is 603 g/mol. The van der Waals surface area contributed by atoms with Gasteiger partial charge in [-0.25, -0.2) is 0 Å². The normalized spacial score (nSPS) is 26.7. The third-order valence-corrected chi connectivity index (χ3v) is 19.6. The molecule has 8 nitrogen and oxygen atoms in total. The molecule has 0 bridgehead atoms. The highest BCUT2D eigenvalue weighted by Gasteiger charge is 2.65. The van der Waals surface area contributed by atoms with Crippen molar-refractivity contribution in [2.75, 3.05) is 26.9 Å². The number of hydrogen-bond donors (Lipinski definition) is 1. The fourth-order valence-electron chi connectivity index (χ4n) is 5.50. The second-order valence-electron chi connectivity index (χ2n) is 16.2. The molecule has 2 heterocycles. The quantitative estimate of drug-likeness (QED) is 0.119. The lowest BCUT2D eigenvalue weighted by Gasteiger charge is -2.47. The standard InChI is InChI=1S/C34H61BO8Si2/c1-15-26-22-39-35(36)42-29(26)28(23-40-44(11,12)32(3,4)5)31(43-45(13,14)33(6,7)8)34(9)30(41-34)24(2)20-38-21-25-16-18-27(37-10)19-17-25/h15-19,24,26,28-31,36H,1,20-23H2,2-14H3/t24-,26-,28-,29+,30+,31-,34+/m0/s1.